The van der Waals surface area contributed by atoms with E-state index in [-0.39, 0.29) is 44.1 Å². The second kappa shape index (κ2) is 8.17. The van der Waals surface area contributed by atoms with Crippen molar-refractivity contribution in [3.05, 3.63) is 71.0 Å². The Balaban J connectivity index is 1.32. The molecular formula is C21H18F3N3O3. The molecule has 2 aliphatic heterocycles. The van der Waals surface area contributed by atoms with Crippen LogP contribution < -0.4 is 0 Å². The lowest BCUT2D eigenvalue weighted by molar-refractivity contribution is -0.143. The van der Waals surface area contributed by atoms with Crippen molar-refractivity contribution < 1.29 is 27.6 Å². The average molecular weight is 417 g/mol. The summed E-state index contributed by atoms with van der Waals surface area (Å²) in [5, 5.41) is 3.91. The van der Waals surface area contributed by atoms with Crippen LogP contribution in [0.15, 0.2) is 47.6 Å². The first-order chi connectivity index (χ1) is 14.4. The van der Waals surface area contributed by atoms with E-state index in [2.05, 4.69) is 5.16 Å². The molecular weight excluding hydrogens is 399 g/mol. The van der Waals surface area contributed by atoms with E-state index in [1.54, 1.807) is 17.0 Å². The highest BCUT2D eigenvalue weighted by Gasteiger charge is 2.34. The van der Waals surface area contributed by atoms with Crippen LogP contribution in [0.5, 0.6) is 0 Å². The Bertz CT molecular complexity index is 1020. The van der Waals surface area contributed by atoms with Gasteiger partial charge in [-0.15, -0.1) is 0 Å². The van der Waals surface area contributed by atoms with Crippen molar-refractivity contribution >= 4 is 17.5 Å². The largest absolute Gasteiger partial charge is 0.382 e. The first-order valence-corrected chi connectivity index (χ1v) is 9.44. The Hall–Kier alpha value is -3.36. The van der Waals surface area contributed by atoms with Crippen LogP contribution in [-0.4, -0.2) is 59.6 Å². The Morgan fingerprint density at radius 2 is 1.67 bits per heavy atom. The zero-order chi connectivity index (χ0) is 21.3. The number of rotatable bonds is 3. The molecule has 2 aromatic rings. The Labute approximate surface area is 170 Å². The molecule has 0 N–H and O–H groups in total. The lowest BCUT2D eigenvalue weighted by Gasteiger charge is -2.35. The highest BCUT2D eigenvalue weighted by Crippen LogP contribution is 2.20. The standard InChI is InChI=1S/C21H18F3N3O3/c22-15-3-1-2-13(10-15)18-12-19(30-25-18)21(29)27-8-6-26(7-9-27)20(28)14-4-5-16(23)17(24)11-14/h1-5,10-11,19H,6-9,12H2. The van der Waals surface area contributed by atoms with Crippen LogP contribution in [-0.2, 0) is 9.63 Å². The molecule has 2 heterocycles. The Morgan fingerprint density at radius 3 is 2.37 bits per heavy atom. The van der Waals surface area contributed by atoms with Gasteiger partial charge in [0.25, 0.3) is 11.8 Å². The first kappa shape index (κ1) is 19.9. The van der Waals surface area contributed by atoms with Gasteiger partial charge < -0.3 is 14.6 Å². The quantitative estimate of drug-likeness (QED) is 0.771. The summed E-state index contributed by atoms with van der Waals surface area (Å²) in [6.07, 6.45) is -0.562. The third-order valence-electron chi connectivity index (χ3n) is 5.15. The lowest BCUT2D eigenvalue weighted by Crippen LogP contribution is -2.53. The Kier molecular flexibility index (Phi) is 5.43. The summed E-state index contributed by atoms with van der Waals surface area (Å²) < 4.78 is 39.8. The third-order valence-corrected chi connectivity index (χ3v) is 5.15. The number of piperazine rings is 1. The summed E-state index contributed by atoms with van der Waals surface area (Å²) in [5.74, 6) is -3.17. The second-order valence-corrected chi connectivity index (χ2v) is 7.09. The van der Waals surface area contributed by atoms with Crippen molar-refractivity contribution in [3.63, 3.8) is 0 Å². The lowest BCUT2D eigenvalue weighted by atomic mass is 10.0. The molecule has 0 aromatic heterocycles. The molecule has 9 heteroatoms. The number of halogens is 3. The third kappa shape index (κ3) is 4.00. The second-order valence-electron chi connectivity index (χ2n) is 7.09. The molecule has 0 saturated carbocycles. The van der Waals surface area contributed by atoms with E-state index >= 15 is 0 Å². The van der Waals surface area contributed by atoms with E-state index in [0.717, 1.165) is 12.1 Å². The van der Waals surface area contributed by atoms with Crippen LogP contribution >= 0.6 is 0 Å². The zero-order valence-corrected chi connectivity index (χ0v) is 15.9. The zero-order valence-electron chi connectivity index (χ0n) is 15.9. The summed E-state index contributed by atoms with van der Waals surface area (Å²) in [4.78, 5) is 33.5. The molecule has 2 aromatic carbocycles. The molecule has 6 nitrogen and oxygen atoms in total. The van der Waals surface area contributed by atoms with Gasteiger partial charge in [0.05, 0.1) is 5.71 Å². The van der Waals surface area contributed by atoms with Gasteiger partial charge in [-0.1, -0.05) is 17.3 Å². The van der Waals surface area contributed by atoms with Crippen molar-refractivity contribution in [3.8, 4) is 0 Å². The summed E-state index contributed by atoms with van der Waals surface area (Å²) in [7, 11) is 0. The number of oxime groups is 1. The van der Waals surface area contributed by atoms with Gasteiger partial charge in [-0.25, -0.2) is 13.2 Å². The molecule has 0 spiro atoms. The number of nitrogens with zero attached hydrogens (tertiary/aromatic N) is 3. The van der Waals surface area contributed by atoms with E-state index in [4.69, 9.17) is 4.84 Å². The number of hydrogen-bond donors (Lipinski definition) is 0. The molecule has 0 radical (unpaired) electrons. The molecule has 1 saturated heterocycles. The highest BCUT2D eigenvalue weighted by atomic mass is 19.2. The molecule has 0 aliphatic carbocycles. The minimum Gasteiger partial charge on any atom is -0.382 e. The predicted molar refractivity (Wildman–Crippen MR) is 101 cm³/mol. The maximum absolute atomic E-state index is 13.4. The van der Waals surface area contributed by atoms with Gasteiger partial charge in [0.2, 0.25) is 6.10 Å². The number of benzene rings is 2. The van der Waals surface area contributed by atoms with Crippen molar-refractivity contribution in [2.75, 3.05) is 26.2 Å². The molecule has 1 atom stereocenters. The van der Waals surface area contributed by atoms with E-state index in [1.807, 2.05) is 0 Å². The van der Waals surface area contributed by atoms with Gasteiger partial charge >= 0.3 is 0 Å². The van der Waals surface area contributed by atoms with E-state index in [9.17, 15) is 22.8 Å². The van der Waals surface area contributed by atoms with Crippen LogP contribution in [0.1, 0.15) is 22.3 Å². The van der Waals surface area contributed by atoms with Crippen molar-refractivity contribution in [1.29, 1.82) is 0 Å². The van der Waals surface area contributed by atoms with Crippen molar-refractivity contribution in [2.24, 2.45) is 5.16 Å². The van der Waals surface area contributed by atoms with Crippen LogP contribution in [0, 0.1) is 17.5 Å². The van der Waals surface area contributed by atoms with Crippen molar-refractivity contribution in [1.82, 2.24) is 9.80 Å². The molecule has 4 rings (SSSR count). The minimum atomic E-state index is -1.08. The minimum absolute atomic E-state index is 0.0564. The SMILES string of the molecule is O=C(c1ccc(F)c(F)c1)N1CCN(C(=O)C2CC(c3cccc(F)c3)=NO2)CC1. The number of hydrogen-bond acceptors (Lipinski definition) is 4. The van der Waals surface area contributed by atoms with Gasteiger partial charge in [-0.3, -0.25) is 9.59 Å². The summed E-state index contributed by atoms with van der Waals surface area (Å²) in [5.41, 5.74) is 1.12. The Morgan fingerprint density at radius 1 is 0.933 bits per heavy atom. The fourth-order valence-corrected chi connectivity index (χ4v) is 3.49. The smallest absolute Gasteiger partial charge is 0.267 e. The number of amides is 2. The summed E-state index contributed by atoms with van der Waals surface area (Å²) in [6, 6.07) is 8.92. The highest BCUT2D eigenvalue weighted by molar-refractivity contribution is 6.04. The topological polar surface area (TPSA) is 62.2 Å². The van der Waals surface area contributed by atoms with Crippen LogP contribution in [0.3, 0.4) is 0 Å². The maximum Gasteiger partial charge on any atom is 0.267 e. The number of carbonyl (C=O) groups is 2. The normalized spacial score (nSPS) is 18.8. The van der Waals surface area contributed by atoms with Crippen molar-refractivity contribution in [2.45, 2.75) is 12.5 Å². The maximum atomic E-state index is 13.4. The summed E-state index contributed by atoms with van der Waals surface area (Å²) in [6.45, 7) is 1.08. The van der Waals surface area contributed by atoms with Gasteiger partial charge in [-0.2, -0.15) is 0 Å². The molecule has 1 fully saturated rings. The van der Waals surface area contributed by atoms with E-state index in [1.165, 1.54) is 23.1 Å². The monoisotopic (exact) mass is 417 g/mol. The van der Waals surface area contributed by atoms with Crippen LogP contribution in [0.2, 0.25) is 0 Å². The molecule has 156 valence electrons. The molecule has 30 heavy (non-hydrogen) atoms. The van der Waals surface area contributed by atoms with E-state index < -0.39 is 29.5 Å². The van der Waals surface area contributed by atoms with Gasteiger partial charge in [-0.05, 0) is 30.3 Å². The first-order valence-electron chi connectivity index (χ1n) is 9.44. The summed E-state index contributed by atoms with van der Waals surface area (Å²) >= 11 is 0. The van der Waals surface area contributed by atoms with E-state index in [0.29, 0.717) is 11.3 Å². The number of carbonyl (C=O) groups excluding carboxylic acids is 2. The average Bonchev–Trinajstić information content (AvgIpc) is 3.25. The molecule has 2 amide bonds. The fourth-order valence-electron chi connectivity index (χ4n) is 3.49. The molecule has 1 unspecified atom stereocenters. The van der Waals surface area contributed by atoms with Gasteiger partial charge in [0, 0.05) is 43.7 Å². The molecule has 0 bridgehead atoms. The predicted octanol–water partition coefficient (Wildman–Crippen LogP) is 2.58. The molecule has 2 aliphatic rings. The van der Waals surface area contributed by atoms with Crippen LogP contribution in [0.4, 0.5) is 13.2 Å². The fraction of sp³-hybridized carbons (Fsp3) is 0.286. The van der Waals surface area contributed by atoms with Crippen LogP contribution in [0.25, 0.3) is 0 Å². The van der Waals surface area contributed by atoms with Gasteiger partial charge in [0.1, 0.15) is 5.82 Å². The van der Waals surface area contributed by atoms with Gasteiger partial charge in [0.15, 0.2) is 11.6 Å².